The third-order valence-corrected chi connectivity index (χ3v) is 4.04. The maximum Gasteiger partial charge on any atom is 0.0563 e. The first-order valence-corrected chi connectivity index (χ1v) is 6.47. The van der Waals surface area contributed by atoms with Gasteiger partial charge in [0.15, 0.2) is 0 Å². The van der Waals surface area contributed by atoms with Crippen LogP contribution < -0.4 is 10.2 Å². The second-order valence-corrected chi connectivity index (χ2v) is 5.69. The van der Waals surface area contributed by atoms with Crippen LogP contribution in [0.1, 0.15) is 0 Å². The molecule has 1 N–H and O–H groups in total. The van der Waals surface area contributed by atoms with Gasteiger partial charge >= 0.3 is 0 Å². The molecule has 2 aliphatic rings. The Kier molecular flexibility index (Phi) is 2.56. The van der Waals surface area contributed by atoms with Crippen molar-refractivity contribution in [3.8, 4) is 0 Å². The molecule has 3 heterocycles. The minimum absolute atomic E-state index is 0.850. The Morgan fingerprint density at radius 2 is 2.00 bits per heavy atom. The molecule has 0 bridgehead atoms. The highest BCUT2D eigenvalue weighted by Crippen LogP contribution is 2.30. The fourth-order valence-corrected chi connectivity index (χ4v) is 3.12. The number of halogens is 1. The molecule has 1 aromatic heterocycles. The van der Waals surface area contributed by atoms with Gasteiger partial charge in [0.05, 0.1) is 11.9 Å². The number of hydrogen-bond acceptors (Lipinski definition) is 3. The summed E-state index contributed by atoms with van der Waals surface area (Å²) in [6.45, 7) is 4.77. The Hall–Kier alpha value is -0.360. The van der Waals surface area contributed by atoms with E-state index in [0.717, 1.165) is 11.8 Å². The van der Waals surface area contributed by atoms with Gasteiger partial charge in [-0.15, -0.1) is 0 Å². The molecule has 0 aromatic carbocycles. The zero-order valence-corrected chi connectivity index (χ0v) is 10.6. The van der Waals surface area contributed by atoms with Crippen molar-refractivity contribution in [2.75, 3.05) is 31.1 Å². The van der Waals surface area contributed by atoms with Crippen LogP contribution in [-0.4, -0.2) is 31.2 Å². The zero-order valence-electron chi connectivity index (χ0n) is 8.49. The predicted octanol–water partition coefficient (Wildman–Crippen LogP) is 1.34. The number of aromatic nitrogens is 1. The van der Waals surface area contributed by atoms with Gasteiger partial charge in [-0.05, 0) is 40.5 Å². The largest absolute Gasteiger partial charge is 0.370 e. The van der Waals surface area contributed by atoms with Gasteiger partial charge in [0.25, 0.3) is 0 Å². The van der Waals surface area contributed by atoms with Gasteiger partial charge in [-0.3, -0.25) is 4.98 Å². The van der Waals surface area contributed by atoms with Crippen molar-refractivity contribution in [2.24, 2.45) is 11.8 Å². The van der Waals surface area contributed by atoms with Crippen LogP contribution in [0.2, 0.25) is 0 Å². The van der Waals surface area contributed by atoms with Gasteiger partial charge in [0.1, 0.15) is 0 Å². The Morgan fingerprint density at radius 3 is 2.67 bits per heavy atom. The topological polar surface area (TPSA) is 28.2 Å². The molecule has 4 heteroatoms. The molecule has 3 rings (SSSR count). The van der Waals surface area contributed by atoms with Crippen molar-refractivity contribution >= 4 is 28.3 Å². The van der Waals surface area contributed by atoms with Gasteiger partial charge in [-0.1, -0.05) is 0 Å². The Morgan fingerprint density at radius 1 is 1.27 bits per heavy atom. The van der Waals surface area contributed by atoms with E-state index in [1.807, 2.05) is 12.4 Å². The van der Waals surface area contributed by atoms with E-state index in [1.165, 1.54) is 35.4 Å². The molecule has 0 spiro atoms. The van der Waals surface area contributed by atoms with Crippen molar-refractivity contribution in [1.82, 2.24) is 10.3 Å². The molecule has 3 nitrogen and oxygen atoms in total. The van der Waals surface area contributed by atoms with E-state index in [1.54, 1.807) is 0 Å². The van der Waals surface area contributed by atoms with Crippen molar-refractivity contribution in [3.05, 3.63) is 22.0 Å². The molecule has 0 radical (unpaired) electrons. The first-order valence-electron chi connectivity index (χ1n) is 5.39. The van der Waals surface area contributed by atoms with Crippen LogP contribution in [0.25, 0.3) is 0 Å². The quantitative estimate of drug-likeness (QED) is 0.793. The van der Waals surface area contributed by atoms with E-state index in [9.17, 15) is 0 Å². The van der Waals surface area contributed by atoms with Crippen molar-refractivity contribution in [2.45, 2.75) is 0 Å². The van der Waals surface area contributed by atoms with Crippen molar-refractivity contribution < 1.29 is 0 Å². The molecule has 1 aromatic rings. The molecule has 2 atom stereocenters. The van der Waals surface area contributed by atoms with E-state index in [-0.39, 0.29) is 0 Å². The first-order chi connectivity index (χ1) is 7.33. The van der Waals surface area contributed by atoms with E-state index >= 15 is 0 Å². The van der Waals surface area contributed by atoms with E-state index in [2.05, 4.69) is 43.9 Å². The summed E-state index contributed by atoms with van der Waals surface area (Å²) in [5.74, 6) is 1.70. The van der Waals surface area contributed by atoms with Gasteiger partial charge in [-0.2, -0.15) is 0 Å². The van der Waals surface area contributed by atoms with Crippen LogP contribution in [0.5, 0.6) is 0 Å². The Bertz CT molecular complexity index is 357. The van der Waals surface area contributed by atoms with Crippen LogP contribution in [0, 0.1) is 15.4 Å². The fourth-order valence-electron chi connectivity index (χ4n) is 2.64. The Labute approximate surface area is 103 Å². The molecular formula is C11H14IN3. The molecule has 0 saturated carbocycles. The highest BCUT2D eigenvalue weighted by Gasteiger charge is 2.36. The zero-order chi connectivity index (χ0) is 10.3. The number of pyridine rings is 1. The molecular weight excluding hydrogens is 301 g/mol. The van der Waals surface area contributed by atoms with Crippen LogP contribution in [0.3, 0.4) is 0 Å². The molecule has 15 heavy (non-hydrogen) atoms. The average molecular weight is 315 g/mol. The van der Waals surface area contributed by atoms with Crippen LogP contribution in [0.4, 0.5) is 5.69 Å². The van der Waals surface area contributed by atoms with Crippen LogP contribution in [0.15, 0.2) is 18.5 Å². The molecule has 2 unspecified atom stereocenters. The summed E-state index contributed by atoms with van der Waals surface area (Å²) in [4.78, 5) is 6.74. The van der Waals surface area contributed by atoms with Crippen molar-refractivity contribution in [3.63, 3.8) is 0 Å². The highest BCUT2D eigenvalue weighted by molar-refractivity contribution is 14.1. The number of nitrogens with zero attached hydrogens (tertiary/aromatic N) is 2. The number of rotatable bonds is 1. The lowest BCUT2D eigenvalue weighted by Crippen LogP contribution is -2.25. The Balaban J connectivity index is 1.79. The summed E-state index contributed by atoms with van der Waals surface area (Å²) in [5, 5.41) is 3.46. The van der Waals surface area contributed by atoms with E-state index < -0.39 is 0 Å². The third kappa shape index (κ3) is 1.85. The lowest BCUT2D eigenvalue weighted by Gasteiger charge is -2.19. The monoisotopic (exact) mass is 315 g/mol. The third-order valence-electron chi connectivity index (χ3n) is 3.45. The van der Waals surface area contributed by atoms with Crippen LogP contribution >= 0.6 is 22.6 Å². The maximum atomic E-state index is 4.26. The molecule has 0 aliphatic carbocycles. The summed E-state index contributed by atoms with van der Waals surface area (Å²) >= 11 is 2.32. The molecule has 80 valence electrons. The smallest absolute Gasteiger partial charge is 0.0563 e. The minimum Gasteiger partial charge on any atom is -0.370 e. The van der Waals surface area contributed by atoms with E-state index in [4.69, 9.17) is 0 Å². The van der Waals surface area contributed by atoms with Crippen LogP contribution in [-0.2, 0) is 0 Å². The number of nitrogens with one attached hydrogen (secondary N) is 1. The fraction of sp³-hybridized carbons (Fsp3) is 0.545. The van der Waals surface area contributed by atoms with Gasteiger partial charge in [0.2, 0.25) is 0 Å². The van der Waals surface area contributed by atoms with Gasteiger partial charge < -0.3 is 10.2 Å². The average Bonchev–Trinajstić information content (AvgIpc) is 2.76. The first kappa shape index (κ1) is 9.84. The lowest BCUT2D eigenvalue weighted by molar-refractivity contribution is 0.533. The summed E-state index contributed by atoms with van der Waals surface area (Å²) < 4.78 is 1.22. The van der Waals surface area contributed by atoms with Crippen molar-refractivity contribution in [1.29, 1.82) is 0 Å². The minimum atomic E-state index is 0.850. The normalized spacial score (nSPS) is 29.5. The molecule has 0 amide bonds. The summed E-state index contributed by atoms with van der Waals surface area (Å²) in [6, 6.07) is 2.22. The summed E-state index contributed by atoms with van der Waals surface area (Å²) in [5.41, 5.74) is 1.29. The molecule has 2 saturated heterocycles. The predicted molar refractivity (Wildman–Crippen MR) is 69.0 cm³/mol. The molecule has 2 aliphatic heterocycles. The van der Waals surface area contributed by atoms with E-state index in [0.29, 0.717) is 0 Å². The highest BCUT2D eigenvalue weighted by atomic mass is 127. The number of hydrogen-bond donors (Lipinski definition) is 1. The maximum absolute atomic E-state index is 4.26. The SMILES string of the molecule is Ic1cncc(N2CC3CNCC3C2)c1. The second-order valence-electron chi connectivity index (χ2n) is 4.44. The second kappa shape index (κ2) is 3.90. The van der Waals surface area contributed by atoms with Gasteiger partial charge in [-0.25, -0.2) is 0 Å². The standard InChI is InChI=1S/C11H14IN3/c12-10-1-11(5-14-4-10)15-6-8-2-13-3-9(8)7-15/h1,4-5,8-9,13H,2-3,6-7H2. The lowest BCUT2D eigenvalue weighted by atomic mass is 10.0. The number of anilines is 1. The summed E-state index contributed by atoms with van der Waals surface area (Å²) in [6.07, 6.45) is 3.89. The number of fused-ring (bicyclic) bond motifs is 1. The van der Waals surface area contributed by atoms with Gasteiger partial charge in [0, 0.05) is 35.9 Å². The molecule has 2 fully saturated rings. The summed E-state index contributed by atoms with van der Waals surface area (Å²) in [7, 11) is 0.